The van der Waals surface area contributed by atoms with Crippen LogP contribution in [0.25, 0.3) is 0 Å². The molecule has 19 heavy (non-hydrogen) atoms. The van der Waals surface area contributed by atoms with Crippen LogP contribution in [0.2, 0.25) is 0 Å². The maximum atomic E-state index is 13.2. The van der Waals surface area contributed by atoms with Crippen LogP contribution < -0.4 is 0 Å². The van der Waals surface area contributed by atoms with Crippen LogP contribution in [0.5, 0.6) is 0 Å². The van der Waals surface area contributed by atoms with Crippen molar-refractivity contribution < 1.29 is 14.0 Å². The lowest BCUT2D eigenvalue weighted by molar-refractivity contribution is -0.140. The minimum absolute atomic E-state index is 0.0846. The molecule has 0 saturated carbocycles. The van der Waals surface area contributed by atoms with Gasteiger partial charge in [0.2, 0.25) is 11.8 Å². The van der Waals surface area contributed by atoms with Crippen molar-refractivity contribution in [3.63, 3.8) is 0 Å². The SMILES string of the molecule is CC1C(=O)N(Cc2ccc(F)c(C#N)c2)C(=O)C1C. The molecule has 0 aliphatic carbocycles. The molecule has 2 amide bonds. The zero-order chi connectivity index (χ0) is 14.2. The van der Waals surface area contributed by atoms with E-state index in [1.807, 2.05) is 0 Å². The predicted octanol–water partition coefficient (Wildman–Crippen LogP) is 1.84. The molecule has 1 aliphatic rings. The van der Waals surface area contributed by atoms with Crippen molar-refractivity contribution in [2.45, 2.75) is 20.4 Å². The van der Waals surface area contributed by atoms with Crippen molar-refractivity contribution in [3.8, 4) is 6.07 Å². The van der Waals surface area contributed by atoms with Gasteiger partial charge in [-0.25, -0.2) is 4.39 Å². The zero-order valence-corrected chi connectivity index (χ0v) is 10.7. The fourth-order valence-electron chi connectivity index (χ4n) is 2.12. The van der Waals surface area contributed by atoms with E-state index in [9.17, 15) is 14.0 Å². The van der Waals surface area contributed by atoms with E-state index >= 15 is 0 Å². The Balaban J connectivity index is 2.25. The van der Waals surface area contributed by atoms with E-state index in [1.54, 1.807) is 19.9 Å². The standard InChI is InChI=1S/C14H13FN2O2/c1-8-9(2)14(19)17(13(8)18)7-10-3-4-12(15)11(5-10)6-16/h3-5,8-9H,7H2,1-2H3. The summed E-state index contributed by atoms with van der Waals surface area (Å²) in [4.78, 5) is 25.0. The molecular formula is C14H13FN2O2. The molecule has 1 fully saturated rings. The van der Waals surface area contributed by atoms with Gasteiger partial charge in [0.25, 0.3) is 0 Å². The highest BCUT2D eigenvalue weighted by molar-refractivity contribution is 6.04. The Kier molecular flexibility index (Phi) is 3.34. The molecule has 0 bridgehead atoms. The Morgan fingerprint density at radius 2 is 1.84 bits per heavy atom. The smallest absolute Gasteiger partial charge is 0.233 e. The maximum Gasteiger partial charge on any atom is 0.233 e. The van der Waals surface area contributed by atoms with E-state index in [0.29, 0.717) is 5.56 Å². The van der Waals surface area contributed by atoms with Crippen molar-refractivity contribution in [2.75, 3.05) is 0 Å². The molecule has 2 atom stereocenters. The minimum atomic E-state index is -0.605. The number of carbonyl (C=O) groups is 2. The Hall–Kier alpha value is -2.22. The number of hydrogen-bond donors (Lipinski definition) is 0. The van der Waals surface area contributed by atoms with Crippen LogP contribution in [-0.2, 0) is 16.1 Å². The summed E-state index contributed by atoms with van der Waals surface area (Å²) in [7, 11) is 0. The molecule has 5 heteroatoms. The summed E-state index contributed by atoms with van der Waals surface area (Å²) in [5.41, 5.74) is 0.485. The average molecular weight is 260 g/mol. The quantitative estimate of drug-likeness (QED) is 0.762. The second-order valence-electron chi connectivity index (χ2n) is 4.77. The van der Waals surface area contributed by atoms with E-state index in [-0.39, 0.29) is 35.8 Å². The summed E-state index contributed by atoms with van der Waals surface area (Å²) in [6, 6.07) is 5.75. The third-order valence-electron chi connectivity index (χ3n) is 3.55. The summed E-state index contributed by atoms with van der Waals surface area (Å²) in [6.07, 6.45) is 0. The van der Waals surface area contributed by atoms with E-state index < -0.39 is 5.82 Å². The fourth-order valence-corrected chi connectivity index (χ4v) is 2.12. The predicted molar refractivity (Wildman–Crippen MR) is 65.0 cm³/mol. The highest BCUT2D eigenvalue weighted by Crippen LogP contribution is 2.27. The molecule has 1 aromatic carbocycles. The van der Waals surface area contributed by atoms with Gasteiger partial charge in [0.15, 0.2) is 0 Å². The number of nitrogens with zero attached hydrogens (tertiary/aromatic N) is 2. The molecule has 1 aromatic rings. The van der Waals surface area contributed by atoms with Crippen LogP contribution in [0.3, 0.4) is 0 Å². The van der Waals surface area contributed by atoms with Crippen LogP contribution in [0.1, 0.15) is 25.0 Å². The minimum Gasteiger partial charge on any atom is -0.278 e. The second kappa shape index (κ2) is 4.81. The normalized spacial score (nSPS) is 22.7. The molecule has 98 valence electrons. The molecule has 4 nitrogen and oxygen atoms in total. The van der Waals surface area contributed by atoms with Crippen molar-refractivity contribution in [1.29, 1.82) is 5.26 Å². The van der Waals surface area contributed by atoms with Crippen molar-refractivity contribution in [1.82, 2.24) is 4.90 Å². The fraction of sp³-hybridized carbons (Fsp3) is 0.357. The van der Waals surface area contributed by atoms with Crippen LogP contribution >= 0.6 is 0 Å². The molecule has 0 spiro atoms. The summed E-state index contributed by atoms with van der Waals surface area (Å²) in [5.74, 6) is -1.71. The zero-order valence-electron chi connectivity index (χ0n) is 10.7. The van der Waals surface area contributed by atoms with E-state index in [4.69, 9.17) is 5.26 Å². The van der Waals surface area contributed by atoms with E-state index in [2.05, 4.69) is 0 Å². The molecule has 0 N–H and O–H groups in total. The first-order valence-corrected chi connectivity index (χ1v) is 5.99. The molecule has 1 heterocycles. The van der Waals surface area contributed by atoms with Crippen molar-refractivity contribution >= 4 is 11.8 Å². The van der Waals surface area contributed by atoms with Gasteiger partial charge in [-0.3, -0.25) is 14.5 Å². The van der Waals surface area contributed by atoms with E-state index in [0.717, 1.165) is 0 Å². The molecule has 2 rings (SSSR count). The number of likely N-dealkylation sites (tertiary alicyclic amines) is 1. The van der Waals surface area contributed by atoms with Gasteiger partial charge in [0, 0.05) is 11.8 Å². The third kappa shape index (κ3) is 2.22. The van der Waals surface area contributed by atoms with Gasteiger partial charge < -0.3 is 0 Å². The van der Waals surface area contributed by atoms with Gasteiger partial charge in [0.05, 0.1) is 12.1 Å². The summed E-state index contributed by atoms with van der Waals surface area (Å²) in [5, 5.41) is 8.75. The Labute approximate surface area is 110 Å². The number of halogens is 1. The highest BCUT2D eigenvalue weighted by Gasteiger charge is 2.41. The lowest BCUT2D eigenvalue weighted by Gasteiger charge is -2.14. The van der Waals surface area contributed by atoms with Crippen LogP contribution in [-0.4, -0.2) is 16.7 Å². The number of nitriles is 1. The van der Waals surface area contributed by atoms with Gasteiger partial charge in [-0.2, -0.15) is 5.26 Å². The molecule has 1 saturated heterocycles. The summed E-state index contributed by atoms with van der Waals surface area (Å²) >= 11 is 0. The largest absolute Gasteiger partial charge is 0.278 e. The summed E-state index contributed by atoms with van der Waals surface area (Å²) < 4.78 is 13.2. The number of imide groups is 1. The van der Waals surface area contributed by atoms with Gasteiger partial charge >= 0.3 is 0 Å². The number of carbonyl (C=O) groups excluding carboxylic acids is 2. The van der Waals surface area contributed by atoms with Gasteiger partial charge in [0.1, 0.15) is 11.9 Å². The molecule has 1 aliphatic heterocycles. The van der Waals surface area contributed by atoms with Gasteiger partial charge in [-0.1, -0.05) is 19.9 Å². The highest BCUT2D eigenvalue weighted by atomic mass is 19.1. The molecule has 0 radical (unpaired) electrons. The topological polar surface area (TPSA) is 61.2 Å². The van der Waals surface area contributed by atoms with Gasteiger partial charge in [-0.15, -0.1) is 0 Å². The first kappa shape index (κ1) is 13.2. The Bertz CT molecular complexity index is 572. The number of hydrogen-bond acceptors (Lipinski definition) is 3. The molecule has 2 unspecified atom stereocenters. The van der Waals surface area contributed by atoms with Crippen molar-refractivity contribution in [3.05, 3.63) is 35.1 Å². The third-order valence-corrected chi connectivity index (χ3v) is 3.55. The molecule has 0 aromatic heterocycles. The van der Waals surface area contributed by atoms with Crippen LogP contribution in [0.15, 0.2) is 18.2 Å². The monoisotopic (exact) mass is 260 g/mol. The summed E-state index contributed by atoms with van der Waals surface area (Å²) in [6.45, 7) is 3.52. The average Bonchev–Trinajstić information content (AvgIpc) is 2.58. The van der Waals surface area contributed by atoms with Crippen LogP contribution in [0.4, 0.5) is 4.39 Å². The van der Waals surface area contributed by atoms with Gasteiger partial charge in [-0.05, 0) is 17.7 Å². The lowest BCUT2D eigenvalue weighted by atomic mass is 10.00. The second-order valence-corrected chi connectivity index (χ2v) is 4.77. The van der Waals surface area contributed by atoms with Crippen LogP contribution in [0, 0.1) is 29.0 Å². The number of benzene rings is 1. The maximum absolute atomic E-state index is 13.2. The molecular weight excluding hydrogens is 247 g/mol. The van der Waals surface area contributed by atoms with Crippen molar-refractivity contribution in [2.24, 2.45) is 11.8 Å². The first-order valence-electron chi connectivity index (χ1n) is 5.99. The Morgan fingerprint density at radius 3 is 2.37 bits per heavy atom. The van der Waals surface area contributed by atoms with E-state index in [1.165, 1.54) is 23.1 Å². The Morgan fingerprint density at radius 1 is 1.26 bits per heavy atom. The number of amides is 2. The number of rotatable bonds is 2. The first-order chi connectivity index (χ1) is 8.95. The lowest BCUT2D eigenvalue weighted by Crippen LogP contribution is -2.30.